The highest BCUT2D eigenvalue weighted by Gasteiger charge is 2.15. The van der Waals surface area contributed by atoms with Gasteiger partial charge in [-0.1, -0.05) is 12.1 Å². The molecular formula is C8H8NO2+. The second-order valence-electron chi connectivity index (χ2n) is 2.41. The van der Waals surface area contributed by atoms with E-state index in [4.69, 9.17) is 9.52 Å². The molecule has 1 aromatic carbocycles. The molecule has 1 N–H and O–H groups in total. The topological polar surface area (TPSA) is 37.2 Å². The van der Waals surface area contributed by atoms with Crippen LogP contribution in [0.5, 0.6) is 6.08 Å². The SMILES string of the molecule is C[n+]1c(O)oc2ccccc21. The summed E-state index contributed by atoms with van der Waals surface area (Å²) in [5, 5.41) is 9.14. The van der Waals surface area contributed by atoms with Gasteiger partial charge in [0.25, 0.3) is 5.52 Å². The second-order valence-corrected chi connectivity index (χ2v) is 2.41. The summed E-state index contributed by atoms with van der Waals surface area (Å²) in [6.45, 7) is 0. The molecule has 0 spiro atoms. The predicted molar refractivity (Wildman–Crippen MR) is 39.1 cm³/mol. The molecule has 2 aromatic rings. The van der Waals surface area contributed by atoms with Gasteiger partial charge in [0.05, 0.1) is 0 Å². The minimum absolute atomic E-state index is 0.0637. The van der Waals surface area contributed by atoms with E-state index in [-0.39, 0.29) is 6.08 Å². The summed E-state index contributed by atoms with van der Waals surface area (Å²) in [6, 6.07) is 7.47. The van der Waals surface area contributed by atoms with Gasteiger partial charge in [-0.2, -0.15) is 0 Å². The van der Waals surface area contributed by atoms with Crippen LogP contribution in [-0.4, -0.2) is 5.11 Å². The van der Waals surface area contributed by atoms with E-state index in [0.29, 0.717) is 5.58 Å². The summed E-state index contributed by atoms with van der Waals surface area (Å²) < 4.78 is 6.61. The molecule has 0 fully saturated rings. The number of aromatic nitrogens is 1. The summed E-state index contributed by atoms with van der Waals surface area (Å²) in [5.74, 6) is 0. The second kappa shape index (κ2) is 1.99. The molecule has 0 aliphatic heterocycles. The summed E-state index contributed by atoms with van der Waals surface area (Å²) in [7, 11) is 1.75. The lowest BCUT2D eigenvalue weighted by Crippen LogP contribution is -2.25. The fourth-order valence-corrected chi connectivity index (χ4v) is 1.09. The minimum atomic E-state index is -0.0637. The molecule has 0 aliphatic rings. The van der Waals surface area contributed by atoms with E-state index in [1.807, 2.05) is 24.3 Å². The fraction of sp³-hybridized carbons (Fsp3) is 0.125. The molecule has 1 aromatic heterocycles. The molecule has 56 valence electrons. The molecule has 11 heavy (non-hydrogen) atoms. The van der Waals surface area contributed by atoms with Gasteiger partial charge in [0, 0.05) is 6.07 Å². The Morgan fingerprint density at radius 1 is 1.36 bits per heavy atom. The van der Waals surface area contributed by atoms with Gasteiger partial charge < -0.3 is 9.52 Å². The molecule has 0 bridgehead atoms. The molecular weight excluding hydrogens is 142 g/mol. The quantitative estimate of drug-likeness (QED) is 0.568. The fourth-order valence-electron chi connectivity index (χ4n) is 1.09. The largest absolute Gasteiger partial charge is 0.558 e. The van der Waals surface area contributed by atoms with Crippen molar-refractivity contribution < 1.29 is 14.1 Å². The minimum Gasteiger partial charge on any atom is -0.429 e. The van der Waals surface area contributed by atoms with Gasteiger partial charge >= 0.3 is 6.08 Å². The Morgan fingerprint density at radius 3 is 2.82 bits per heavy atom. The van der Waals surface area contributed by atoms with Crippen molar-refractivity contribution in [3.05, 3.63) is 24.3 Å². The lowest BCUT2D eigenvalue weighted by Gasteiger charge is -1.78. The number of aromatic hydroxyl groups is 1. The average molecular weight is 150 g/mol. The van der Waals surface area contributed by atoms with Crippen LogP contribution >= 0.6 is 0 Å². The normalized spacial score (nSPS) is 10.6. The number of rotatable bonds is 0. The van der Waals surface area contributed by atoms with Crippen molar-refractivity contribution >= 4 is 11.1 Å². The van der Waals surface area contributed by atoms with Crippen LogP contribution in [0.25, 0.3) is 11.1 Å². The highest BCUT2D eigenvalue weighted by atomic mass is 16.5. The Balaban J connectivity index is 2.92. The van der Waals surface area contributed by atoms with Crippen LogP contribution in [-0.2, 0) is 7.05 Å². The van der Waals surface area contributed by atoms with Gasteiger partial charge in [0.15, 0.2) is 0 Å². The van der Waals surface area contributed by atoms with Gasteiger partial charge in [0.2, 0.25) is 5.58 Å². The van der Waals surface area contributed by atoms with Crippen molar-refractivity contribution in [1.82, 2.24) is 0 Å². The van der Waals surface area contributed by atoms with E-state index < -0.39 is 0 Å². The van der Waals surface area contributed by atoms with Crippen LogP contribution in [0.4, 0.5) is 0 Å². The molecule has 0 radical (unpaired) electrons. The van der Waals surface area contributed by atoms with Crippen LogP contribution in [0.15, 0.2) is 28.7 Å². The van der Waals surface area contributed by atoms with E-state index in [2.05, 4.69) is 0 Å². The standard InChI is InChI=1S/C8H7NO2/c1-9-6-4-2-3-5-7(6)11-8(9)10/h2-5H,1H3/p+1. The van der Waals surface area contributed by atoms with Gasteiger partial charge in [-0.25, -0.2) is 0 Å². The third kappa shape index (κ3) is 0.774. The molecule has 3 nitrogen and oxygen atoms in total. The highest BCUT2D eigenvalue weighted by Crippen LogP contribution is 2.15. The first kappa shape index (κ1) is 6.22. The summed E-state index contributed by atoms with van der Waals surface area (Å²) in [4.78, 5) is 0. The summed E-state index contributed by atoms with van der Waals surface area (Å²) >= 11 is 0. The van der Waals surface area contributed by atoms with Gasteiger partial charge in [-0.05, 0) is 6.07 Å². The average Bonchev–Trinajstić information content (AvgIpc) is 2.30. The zero-order valence-corrected chi connectivity index (χ0v) is 6.11. The first-order valence-corrected chi connectivity index (χ1v) is 3.35. The van der Waals surface area contributed by atoms with Crippen molar-refractivity contribution in [2.75, 3.05) is 0 Å². The number of para-hydroxylation sites is 2. The summed E-state index contributed by atoms with van der Waals surface area (Å²) in [6.07, 6.45) is -0.0637. The number of oxazole rings is 1. The third-order valence-electron chi connectivity index (χ3n) is 1.71. The number of hydrogen-bond acceptors (Lipinski definition) is 2. The molecule has 3 heteroatoms. The van der Waals surface area contributed by atoms with Crippen LogP contribution in [0.2, 0.25) is 0 Å². The van der Waals surface area contributed by atoms with Crippen LogP contribution in [0.3, 0.4) is 0 Å². The maximum Gasteiger partial charge on any atom is 0.558 e. The zero-order chi connectivity index (χ0) is 7.84. The number of fused-ring (bicyclic) bond motifs is 1. The summed E-state index contributed by atoms with van der Waals surface area (Å²) in [5.41, 5.74) is 1.59. The molecule has 0 amide bonds. The van der Waals surface area contributed by atoms with E-state index in [0.717, 1.165) is 5.52 Å². The first-order chi connectivity index (χ1) is 5.29. The maximum absolute atomic E-state index is 9.14. The number of benzene rings is 1. The molecule has 2 rings (SSSR count). The van der Waals surface area contributed by atoms with Crippen LogP contribution in [0.1, 0.15) is 0 Å². The number of aryl methyl sites for hydroxylation is 1. The Morgan fingerprint density at radius 2 is 2.09 bits per heavy atom. The molecule has 0 aliphatic carbocycles. The van der Waals surface area contributed by atoms with E-state index >= 15 is 0 Å². The number of nitrogens with zero attached hydrogens (tertiary/aromatic N) is 1. The van der Waals surface area contributed by atoms with Gasteiger partial charge in [0.1, 0.15) is 7.05 Å². The van der Waals surface area contributed by atoms with Crippen molar-refractivity contribution in [1.29, 1.82) is 0 Å². The molecule has 1 heterocycles. The van der Waals surface area contributed by atoms with Crippen LogP contribution in [0, 0.1) is 0 Å². The Labute approximate surface area is 63.5 Å². The predicted octanol–water partition coefficient (Wildman–Crippen LogP) is 0.963. The van der Waals surface area contributed by atoms with Crippen molar-refractivity contribution in [2.24, 2.45) is 7.05 Å². The Kier molecular flexibility index (Phi) is 1.12. The maximum atomic E-state index is 9.14. The molecule has 0 unspecified atom stereocenters. The van der Waals surface area contributed by atoms with E-state index in [9.17, 15) is 0 Å². The Hall–Kier alpha value is -1.51. The molecule has 0 saturated carbocycles. The first-order valence-electron chi connectivity index (χ1n) is 3.35. The van der Waals surface area contributed by atoms with Crippen molar-refractivity contribution in [3.63, 3.8) is 0 Å². The molecule has 0 atom stereocenters. The van der Waals surface area contributed by atoms with Crippen molar-refractivity contribution in [3.8, 4) is 6.08 Å². The van der Waals surface area contributed by atoms with Gasteiger partial charge in [-0.15, -0.1) is 4.57 Å². The monoisotopic (exact) mass is 150 g/mol. The van der Waals surface area contributed by atoms with Crippen LogP contribution < -0.4 is 4.57 Å². The van der Waals surface area contributed by atoms with E-state index in [1.165, 1.54) is 0 Å². The van der Waals surface area contributed by atoms with E-state index in [1.54, 1.807) is 11.6 Å². The lowest BCUT2D eigenvalue weighted by atomic mass is 10.3. The lowest BCUT2D eigenvalue weighted by molar-refractivity contribution is -0.657. The smallest absolute Gasteiger partial charge is 0.429 e. The van der Waals surface area contributed by atoms with Crippen molar-refractivity contribution in [2.45, 2.75) is 0 Å². The number of hydrogen-bond donors (Lipinski definition) is 1. The molecule has 0 saturated heterocycles. The highest BCUT2D eigenvalue weighted by molar-refractivity contribution is 5.68. The zero-order valence-electron chi connectivity index (χ0n) is 6.11. The Bertz CT molecular complexity index is 392. The third-order valence-corrected chi connectivity index (χ3v) is 1.71. The van der Waals surface area contributed by atoms with Gasteiger partial charge in [-0.3, -0.25) is 0 Å².